The lowest BCUT2D eigenvalue weighted by molar-refractivity contribution is -0.115. The van der Waals surface area contributed by atoms with Crippen LogP contribution in [0.2, 0.25) is 0 Å². The first-order chi connectivity index (χ1) is 12.2. The molecular weight excluding hydrogens is 332 g/mol. The molecule has 2 aromatic carbocycles. The molecule has 0 aromatic heterocycles. The highest BCUT2D eigenvalue weighted by molar-refractivity contribution is 5.98. The molecular formula is C20H22N2O4. The lowest BCUT2D eigenvalue weighted by atomic mass is 10.0. The number of carbonyl (C=O) groups is 3. The van der Waals surface area contributed by atoms with Gasteiger partial charge in [0.15, 0.2) is 0 Å². The van der Waals surface area contributed by atoms with Crippen LogP contribution in [0, 0.1) is 0 Å². The Labute approximate surface area is 152 Å². The van der Waals surface area contributed by atoms with Gasteiger partial charge in [0.25, 0.3) is 0 Å². The van der Waals surface area contributed by atoms with Crippen molar-refractivity contribution in [3.8, 4) is 5.75 Å². The molecule has 0 atom stereocenters. The molecule has 0 radical (unpaired) electrons. The second-order valence-electron chi connectivity index (χ2n) is 6.27. The van der Waals surface area contributed by atoms with Crippen molar-refractivity contribution in [3.05, 3.63) is 53.6 Å². The summed E-state index contributed by atoms with van der Waals surface area (Å²) in [5, 5.41) is 5.20. The van der Waals surface area contributed by atoms with E-state index in [1.807, 2.05) is 12.1 Å². The topological polar surface area (TPSA) is 84.5 Å². The maximum Gasteiger partial charge on any atom is 0.343 e. The number of anilines is 2. The van der Waals surface area contributed by atoms with E-state index in [4.69, 9.17) is 4.74 Å². The summed E-state index contributed by atoms with van der Waals surface area (Å²) >= 11 is 0. The van der Waals surface area contributed by atoms with Crippen molar-refractivity contribution >= 4 is 29.2 Å². The summed E-state index contributed by atoms with van der Waals surface area (Å²) in [6, 6.07) is 11.8. The highest BCUT2D eigenvalue weighted by Crippen LogP contribution is 2.23. The number of benzene rings is 2. The monoisotopic (exact) mass is 354 g/mol. The van der Waals surface area contributed by atoms with Crippen LogP contribution in [-0.4, -0.2) is 17.8 Å². The maximum atomic E-state index is 12.5. The molecule has 6 heteroatoms. The normalized spacial score (nSPS) is 10.3. The summed E-state index contributed by atoms with van der Waals surface area (Å²) < 4.78 is 5.39. The van der Waals surface area contributed by atoms with E-state index in [0.717, 1.165) is 5.56 Å². The van der Waals surface area contributed by atoms with Crippen LogP contribution in [0.4, 0.5) is 11.4 Å². The Balaban J connectivity index is 2.25. The van der Waals surface area contributed by atoms with E-state index in [1.54, 1.807) is 18.2 Å². The SMILES string of the molecule is CC(=O)Nc1cc(NC(C)=O)cc(C(=O)Oc2ccc(C(C)C)cc2)c1. The van der Waals surface area contributed by atoms with Crippen molar-refractivity contribution in [3.63, 3.8) is 0 Å². The molecule has 0 aliphatic rings. The Morgan fingerprint density at radius 3 is 1.77 bits per heavy atom. The molecule has 0 heterocycles. The first kappa shape index (κ1) is 19.2. The molecule has 2 rings (SSSR count). The van der Waals surface area contributed by atoms with Crippen LogP contribution < -0.4 is 15.4 Å². The Hall–Kier alpha value is -3.15. The minimum atomic E-state index is -0.582. The van der Waals surface area contributed by atoms with E-state index in [1.165, 1.54) is 26.0 Å². The number of hydrogen-bond acceptors (Lipinski definition) is 4. The zero-order chi connectivity index (χ0) is 19.3. The molecule has 2 aromatic rings. The molecule has 0 bridgehead atoms. The van der Waals surface area contributed by atoms with Crippen LogP contribution in [0.1, 0.15) is 49.5 Å². The van der Waals surface area contributed by atoms with E-state index in [9.17, 15) is 14.4 Å². The average Bonchev–Trinajstić information content (AvgIpc) is 2.53. The maximum absolute atomic E-state index is 12.5. The van der Waals surface area contributed by atoms with Crippen molar-refractivity contribution < 1.29 is 19.1 Å². The predicted octanol–water partition coefficient (Wildman–Crippen LogP) is 3.95. The Kier molecular flexibility index (Phi) is 6.11. The quantitative estimate of drug-likeness (QED) is 0.629. The van der Waals surface area contributed by atoms with Crippen LogP contribution in [0.5, 0.6) is 5.75 Å². The molecule has 0 spiro atoms. The lowest BCUT2D eigenvalue weighted by Crippen LogP contribution is -2.13. The van der Waals surface area contributed by atoms with Crippen LogP contribution in [0.15, 0.2) is 42.5 Å². The van der Waals surface area contributed by atoms with Gasteiger partial charge in [-0.2, -0.15) is 0 Å². The van der Waals surface area contributed by atoms with Crippen molar-refractivity contribution in [1.29, 1.82) is 0 Å². The van der Waals surface area contributed by atoms with Crippen molar-refractivity contribution in [2.45, 2.75) is 33.6 Å². The lowest BCUT2D eigenvalue weighted by Gasteiger charge is -2.11. The summed E-state index contributed by atoms with van der Waals surface area (Å²) in [5.41, 5.74) is 2.15. The van der Waals surface area contributed by atoms with E-state index >= 15 is 0 Å². The Morgan fingerprint density at radius 1 is 0.846 bits per heavy atom. The van der Waals surface area contributed by atoms with Gasteiger partial charge in [-0.1, -0.05) is 26.0 Å². The van der Waals surface area contributed by atoms with Gasteiger partial charge in [-0.05, 0) is 41.8 Å². The zero-order valence-electron chi connectivity index (χ0n) is 15.3. The number of nitrogens with one attached hydrogen (secondary N) is 2. The molecule has 26 heavy (non-hydrogen) atoms. The number of hydrogen-bond donors (Lipinski definition) is 2. The van der Waals surface area contributed by atoms with Gasteiger partial charge in [0, 0.05) is 25.2 Å². The van der Waals surface area contributed by atoms with Gasteiger partial charge < -0.3 is 15.4 Å². The van der Waals surface area contributed by atoms with Gasteiger partial charge in [0.2, 0.25) is 11.8 Å². The molecule has 6 nitrogen and oxygen atoms in total. The largest absolute Gasteiger partial charge is 0.423 e. The molecule has 0 saturated heterocycles. The van der Waals surface area contributed by atoms with Crippen LogP contribution >= 0.6 is 0 Å². The van der Waals surface area contributed by atoms with Gasteiger partial charge in [0.05, 0.1) is 5.56 Å². The number of esters is 1. The average molecular weight is 354 g/mol. The van der Waals surface area contributed by atoms with E-state index in [-0.39, 0.29) is 17.4 Å². The highest BCUT2D eigenvalue weighted by Gasteiger charge is 2.13. The van der Waals surface area contributed by atoms with Gasteiger partial charge in [-0.15, -0.1) is 0 Å². The number of ether oxygens (including phenoxy) is 1. The van der Waals surface area contributed by atoms with Gasteiger partial charge in [-0.3, -0.25) is 9.59 Å². The number of rotatable bonds is 5. The Bertz CT molecular complexity index is 792. The Morgan fingerprint density at radius 2 is 1.35 bits per heavy atom. The summed E-state index contributed by atoms with van der Waals surface area (Å²) in [5.74, 6) is -0.344. The fourth-order valence-electron chi connectivity index (χ4n) is 2.38. The third kappa shape index (κ3) is 5.44. The van der Waals surface area contributed by atoms with E-state index in [2.05, 4.69) is 24.5 Å². The summed E-state index contributed by atoms with van der Waals surface area (Å²) in [4.78, 5) is 35.0. The third-order valence-electron chi connectivity index (χ3n) is 3.57. The molecule has 136 valence electrons. The molecule has 2 amide bonds. The molecule has 0 aliphatic carbocycles. The van der Waals surface area contributed by atoms with Crippen molar-refractivity contribution in [1.82, 2.24) is 0 Å². The minimum absolute atomic E-state index is 0.216. The molecule has 0 fully saturated rings. The summed E-state index contributed by atoms with van der Waals surface area (Å²) in [6.45, 7) is 6.88. The predicted molar refractivity (Wildman–Crippen MR) is 101 cm³/mol. The second kappa shape index (κ2) is 8.29. The zero-order valence-corrected chi connectivity index (χ0v) is 15.3. The summed E-state index contributed by atoms with van der Waals surface area (Å²) in [7, 11) is 0. The smallest absolute Gasteiger partial charge is 0.343 e. The van der Waals surface area contributed by atoms with Gasteiger partial charge in [0.1, 0.15) is 5.75 Å². The molecule has 0 aliphatic heterocycles. The van der Waals surface area contributed by atoms with Gasteiger partial charge in [-0.25, -0.2) is 4.79 Å². The molecule has 0 unspecified atom stereocenters. The van der Waals surface area contributed by atoms with E-state index < -0.39 is 5.97 Å². The summed E-state index contributed by atoms with van der Waals surface area (Å²) in [6.07, 6.45) is 0. The standard InChI is InChI=1S/C20H22N2O4/c1-12(2)15-5-7-19(8-6-15)26-20(25)16-9-17(21-13(3)23)11-18(10-16)22-14(4)24/h5-12H,1-4H3,(H,21,23)(H,22,24). The number of amides is 2. The van der Waals surface area contributed by atoms with Crippen molar-refractivity contribution in [2.24, 2.45) is 0 Å². The number of carbonyl (C=O) groups excluding carboxylic acids is 3. The third-order valence-corrected chi connectivity index (χ3v) is 3.57. The first-order valence-corrected chi connectivity index (χ1v) is 8.27. The highest BCUT2D eigenvalue weighted by atomic mass is 16.5. The van der Waals surface area contributed by atoms with Crippen LogP contribution in [-0.2, 0) is 9.59 Å². The fourth-order valence-corrected chi connectivity index (χ4v) is 2.38. The van der Waals surface area contributed by atoms with Crippen LogP contribution in [0.25, 0.3) is 0 Å². The molecule has 0 saturated carbocycles. The molecule has 2 N–H and O–H groups in total. The van der Waals surface area contributed by atoms with Gasteiger partial charge >= 0.3 is 5.97 Å². The second-order valence-corrected chi connectivity index (χ2v) is 6.27. The first-order valence-electron chi connectivity index (χ1n) is 8.27. The fraction of sp³-hybridized carbons (Fsp3) is 0.250. The van der Waals surface area contributed by atoms with E-state index in [0.29, 0.717) is 23.0 Å². The van der Waals surface area contributed by atoms with Crippen LogP contribution in [0.3, 0.4) is 0 Å². The minimum Gasteiger partial charge on any atom is -0.423 e. The van der Waals surface area contributed by atoms with Crippen molar-refractivity contribution in [2.75, 3.05) is 10.6 Å².